The Labute approximate surface area is 109 Å². The fourth-order valence-corrected chi connectivity index (χ4v) is 1.59. The van der Waals surface area contributed by atoms with E-state index in [-0.39, 0.29) is 18.2 Å². The molecule has 0 atom stereocenters. The summed E-state index contributed by atoms with van der Waals surface area (Å²) in [5.41, 5.74) is 1.01. The number of pyridine rings is 1. The van der Waals surface area contributed by atoms with Gasteiger partial charge >= 0.3 is 0 Å². The van der Waals surface area contributed by atoms with Crippen LogP contribution in [-0.4, -0.2) is 15.0 Å². The van der Waals surface area contributed by atoms with E-state index < -0.39 is 4.92 Å². The number of aryl methyl sites for hydroxylation is 1. The Morgan fingerprint density at radius 1 is 1.42 bits per heavy atom. The van der Waals surface area contributed by atoms with E-state index >= 15 is 0 Å². The third-order valence-corrected chi connectivity index (χ3v) is 2.60. The van der Waals surface area contributed by atoms with Gasteiger partial charge in [0.2, 0.25) is 5.88 Å². The van der Waals surface area contributed by atoms with Crippen molar-refractivity contribution in [1.82, 2.24) is 4.98 Å². The van der Waals surface area contributed by atoms with E-state index in [0.717, 1.165) is 0 Å². The molecule has 0 unspecified atom stereocenters. The van der Waals surface area contributed by atoms with Crippen molar-refractivity contribution in [3.63, 3.8) is 0 Å². The van der Waals surface area contributed by atoms with Gasteiger partial charge in [0.25, 0.3) is 5.69 Å². The number of hydrogen-bond donors (Lipinski definition) is 1. The van der Waals surface area contributed by atoms with Crippen LogP contribution in [0.25, 0.3) is 0 Å². The molecule has 0 radical (unpaired) electrons. The first-order valence-electron chi connectivity index (χ1n) is 5.59. The van der Waals surface area contributed by atoms with Crippen LogP contribution in [0.3, 0.4) is 0 Å². The average molecular weight is 260 g/mol. The summed E-state index contributed by atoms with van der Waals surface area (Å²) >= 11 is 0. The summed E-state index contributed by atoms with van der Waals surface area (Å²) in [5, 5.41) is 20.0. The minimum absolute atomic E-state index is 0.0496. The Balaban J connectivity index is 2.33. The van der Waals surface area contributed by atoms with Gasteiger partial charge in [-0.15, -0.1) is 0 Å². The predicted octanol–water partition coefficient (Wildman–Crippen LogP) is 2.58. The summed E-state index contributed by atoms with van der Waals surface area (Å²) in [6, 6.07) is 8.15. The van der Waals surface area contributed by atoms with E-state index in [1.165, 1.54) is 12.3 Å². The molecule has 0 aliphatic heterocycles. The van der Waals surface area contributed by atoms with Crippen LogP contribution in [-0.2, 0) is 6.61 Å². The number of hydrogen-bond acceptors (Lipinski definition) is 5. The smallest absolute Gasteiger partial charge is 0.279 e. The van der Waals surface area contributed by atoms with E-state index in [1.54, 1.807) is 31.2 Å². The zero-order chi connectivity index (χ0) is 13.8. The van der Waals surface area contributed by atoms with E-state index in [0.29, 0.717) is 16.9 Å². The maximum Gasteiger partial charge on any atom is 0.279 e. The molecule has 19 heavy (non-hydrogen) atoms. The fourth-order valence-electron chi connectivity index (χ4n) is 1.59. The largest absolute Gasteiger partial charge is 0.438 e. The molecule has 0 fully saturated rings. The highest BCUT2D eigenvalue weighted by molar-refractivity contribution is 5.43. The second-order valence-corrected chi connectivity index (χ2v) is 3.93. The van der Waals surface area contributed by atoms with Crippen LogP contribution in [0.1, 0.15) is 11.1 Å². The lowest BCUT2D eigenvalue weighted by atomic mass is 10.2. The number of aliphatic hydroxyl groups is 1. The minimum Gasteiger partial charge on any atom is -0.438 e. The molecule has 6 heteroatoms. The van der Waals surface area contributed by atoms with Crippen LogP contribution in [0, 0.1) is 17.0 Å². The molecule has 1 N–H and O–H groups in total. The lowest BCUT2D eigenvalue weighted by Gasteiger charge is -2.08. The fraction of sp³-hybridized carbons (Fsp3) is 0.154. The highest BCUT2D eigenvalue weighted by Crippen LogP contribution is 2.27. The highest BCUT2D eigenvalue weighted by atomic mass is 16.6. The number of para-hydroxylation sites is 1. The summed E-state index contributed by atoms with van der Waals surface area (Å²) < 4.78 is 5.47. The monoisotopic (exact) mass is 260 g/mol. The molecule has 2 aromatic rings. The number of aromatic nitrogens is 1. The lowest BCUT2D eigenvalue weighted by Crippen LogP contribution is -1.97. The molecule has 0 saturated carbocycles. The van der Waals surface area contributed by atoms with Crippen molar-refractivity contribution >= 4 is 5.69 Å². The Morgan fingerprint density at radius 3 is 2.84 bits per heavy atom. The summed E-state index contributed by atoms with van der Waals surface area (Å²) in [5.74, 6) is 0.550. The third kappa shape index (κ3) is 2.86. The molecule has 2 rings (SSSR count). The van der Waals surface area contributed by atoms with Crippen LogP contribution in [0.4, 0.5) is 5.69 Å². The number of rotatable bonds is 4. The van der Waals surface area contributed by atoms with Crippen molar-refractivity contribution in [2.75, 3.05) is 0 Å². The first kappa shape index (κ1) is 13.0. The SMILES string of the molecule is Cc1cnc(Oc2ccccc2CO)cc1[N+](=O)[O-]. The van der Waals surface area contributed by atoms with Gasteiger partial charge in [-0.2, -0.15) is 0 Å². The molecule has 0 spiro atoms. The van der Waals surface area contributed by atoms with Gasteiger partial charge in [-0.25, -0.2) is 4.98 Å². The number of nitro groups is 1. The molecule has 1 aromatic heterocycles. The maximum absolute atomic E-state index is 10.8. The maximum atomic E-state index is 10.8. The number of aliphatic hydroxyl groups excluding tert-OH is 1. The average Bonchev–Trinajstić information content (AvgIpc) is 2.41. The normalized spacial score (nSPS) is 10.2. The zero-order valence-corrected chi connectivity index (χ0v) is 10.2. The van der Waals surface area contributed by atoms with Crippen molar-refractivity contribution in [3.05, 3.63) is 57.8 Å². The van der Waals surface area contributed by atoms with Crippen LogP contribution < -0.4 is 4.74 Å². The Morgan fingerprint density at radius 2 is 2.16 bits per heavy atom. The Hall–Kier alpha value is -2.47. The standard InChI is InChI=1S/C13H12N2O4/c1-9-7-14-13(6-11(9)15(17)18)19-12-5-3-2-4-10(12)8-16/h2-7,16H,8H2,1H3. The van der Waals surface area contributed by atoms with Gasteiger partial charge < -0.3 is 9.84 Å². The second kappa shape index (κ2) is 5.45. The van der Waals surface area contributed by atoms with Crippen LogP contribution in [0.5, 0.6) is 11.6 Å². The molecule has 0 aliphatic rings. The third-order valence-electron chi connectivity index (χ3n) is 2.60. The van der Waals surface area contributed by atoms with Gasteiger partial charge in [0.05, 0.1) is 17.6 Å². The molecule has 0 aliphatic carbocycles. The Kier molecular flexibility index (Phi) is 3.72. The van der Waals surface area contributed by atoms with Crippen LogP contribution in [0.2, 0.25) is 0 Å². The van der Waals surface area contributed by atoms with Gasteiger partial charge in [0.15, 0.2) is 0 Å². The molecule has 0 amide bonds. The molecule has 1 aromatic carbocycles. The van der Waals surface area contributed by atoms with Crippen LogP contribution >= 0.6 is 0 Å². The van der Waals surface area contributed by atoms with Crippen LogP contribution in [0.15, 0.2) is 36.5 Å². The van der Waals surface area contributed by atoms with Gasteiger partial charge in [-0.1, -0.05) is 18.2 Å². The first-order valence-corrected chi connectivity index (χ1v) is 5.59. The van der Waals surface area contributed by atoms with Crippen molar-refractivity contribution < 1.29 is 14.8 Å². The van der Waals surface area contributed by atoms with E-state index in [4.69, 9.17) is 4.74 Å². The molecule has 6 nitrogen and oxygen atoms in total. The predicted molar refractivity (Wildman–Crippen MR) is 68.1 cm³/mol. The molecule has 1 heterocycles. The first-order chi connectivity index (χ1) is 9.11. The molecular weight excluding hydrogens is 248 g/mol. The van der Waals surface area contributed by atoms with Gasteiger partial charge in [-0.05, 0) is 13.0 Å². The van der Waals surface area contributed by atoms with E-state index in [2.05, 4.69) is 4.98 Å². The lowest BCUT2D eigenvalue weighted by molar-refractivity contribution is -0.385. The number of ether oxygens (including phenoxy) is 1. The van der Waals surface area contributed by atoms with Gasteiger partial charge in [0, 0.05) is 17.3 Å². The summed E-state index contributed by atoms with van der Waals surface area (Å²) in [6.45, 7) is 1.43. The van der Waals surface area contributed by atoms with E-state index in [9.17, 15) is 15.2 Å². The summed E-state index contributed by atoms with van der Waals surface area (Å²) in [7, 11) is 0. The van der Waals surface area contributed by atoms with Crippen molar-refractivity contribution in [3.8, 4) is 11.6 Å². The molecule has 0 saturated heterocycles. The van der Waals surface area contributed by atoms with Gasteiger partial charge in [-0.3, -0.25) is 10.1 Å². The molecule has 0 bridgehead atoms. The molecular formula is C13H12N2O4. The number of benzene rings is 1. The van der Waals surface area contributed by atoms with Crippen molar-refractivity contribution in [1.29, 1.82) is 0 Å². The second-order valence-electron chi connectivity index (χ2n) is 3.93. The van der Waals surface area contributed by atoms with Gasteiger partial charge in [0.1, 0.15) is 5.75 Å². The zero-order valence-electron chi connectivity index (χ0n) is 10.2. The van der Waals surface area contributed by atoms with Crippen molar-refractivity contribution in [2.45, 2.75) is 13.5 Å². The minimum atomic E-state index is -0.484. The summed E-state index contributed by atoms with van der Waals surface area (Å²) in [4.78, 5) is 14.3. The quantitative estimate of drug-likeness (QED) is 0.674. The topological polar surface area (TPSA) is 85.5 Å². The molecule has 98 valence electrons. The van der Waals surface area contributed by atoms with E-state index in [1.807, 2.05) is 0 Å². The number of nitrogens with zero attached hydrogens (tertiary/aromatic N) is 2. The summed E-state index contributed by atoms with van der Waals surface area (Å²) in [6.07, 6.45) is 1.38. The highest BCUT2D eigenvalue weighted by Gasteiger charge is 2.14. The Bertz CT molecular complexity index is 613. The van der Waals surface area contributed by atoms with Crippen molar-refractivity contribution in [2.24, 2.45) is 0 Å².